The van der Waals surface area contributed by atoms with Gasteiger partial charge in [-0.05, 0) is 55.9 Å². The van der Waals surface area contributed by atoms with E-state index in [1.165, 1.54) is 12.1 Å². The molecule has 2 aliphatic rings. The van der Waals surface area contributed by atoms with Crippen LogP contribution in [0.2, 0.25) is 0 Å². The van der Waals surface area contributed by atoms with Gasteiger partial charge in [0, 0.05) is 44.2 Å². The van der Waals surface area contributed by atoms with Gasteiger partial charge in [0.15, 0.2) is 0 Å². The van der Waals surface area contributed by atoms with Crippen molar-refractivity contribution in [3.05, 3.63) is 64.5 Å². The molecule has 34 heavy (non-hydrogen) atoms. The van der Waals surface area contributed by atoms with E-state index < -0.39 is 4.92 Å². The minimum Gasteiger partial charge on any atom is -0.490 e. The summed E-state index contributed by atoms with van der Waals surface area (Å²) in [5.74, 6) is 1.17. The van der Waals surface area contributed by atoms with Crippen molar-refractivity contribution in [2.24, 2.45) is 5.92 Å². The Hall–Kier alpha value is -3.46. The van der Waals surface area contributed by atoms with Gasteiger partial charge in [0.25, 0.3) is 11.6 Å². The van der Waals surface area contributed by atoms with E-state index in [0.29, 0.717) is 43.5 Å². The van der Waals surface area contributed by atoms with Gasteiger partial charge in [-0.1, -0.05) is 0 Å². The molecular formula is C25H28N4O5. The summed E-state index contributed by atoms with van der Waals surface area (Å²) in [5, 5.41) is 10.8. The second kappa shape index (κ2) is 9.80. The van der Waals surface area contributed by atoms with E-state index in [1.807, 2.05) is 23.2 Å². The van der Waals surface area contributed by atoms with E-state index in [4.69, 9.17) is 9.47 Å². The van der Waals surface area contributed by atoms with Crippen molar-refractivity contribution in [1.29, 1.82) is 0 Å². The second-order valence-electron chi connectivity index (χ2n) is 8.98. The molecule has 9 heteroatoms. The lowest BCUT2D eigenvalue weighted by molar-refractivity contribution is -0.384. The van der Waals surface area contributed by atoms with Gasteiger partial charge in [0.2, 0.25) is 0 Å². The minimum atomic E-state index is -0.407. The van der Waals surface area contributed by atoms with Crippen LogP contribution in [0, 0.1) is 16.0 Å². The number of nitrogens with zero attached hydrogens (tertiary/aromatic N) is 4. The molecule has 3 aromatic rings. The monoisotopic (exact) mass is 464 g/mol. The summed E-state index contributed by atoms with van der Waals surface area (Å²) in [5.41, 5.74) is 2.47. The molecule has 0 bridgehead atoms. The summed E-state index contributed by atoms with van der Waals surface area (Å²) >= 11 is 0. The molecule has 1 amide bonds. The van der Waals surface area contributed by atoms with Gasteiger partial charge in [0.1, 0.15) is 11.3 Å². The van der Waals surface area contributed by atoms with Crippen molar-refractivity contribution in [2.45, 2.75) is 38.3 Å². The number of rotatable bonds is 6. The number of aromatic nitrogens is 2. The van der Waals surface area contributed by atoms with Crippen LogP contribution in [0.25, 0.3) is 11.0 Å². The van der Waals surface area contributed by atoms with Crippen molar-refractivity contribution in [3.8, 4) is 5.75 Å². The lowest BCUT2D eigenvalue weighted by Gasteiger charge is -2.29. The van der Waals surface area contributed by atoms with Crippen molar-refractivity contribution in [2.75, 3.05) is 26.3 Å². The summed E-state index contributed by atoms with van der Waals surface area (Å²) in [6.45, 7) is 3.20. The Labute approximate surface area is 197 Å². The molecule has 5 rings (SSSR count). The van der Waals surface area contributed by atoms with E-state index in [1.54, 1.807) is 18.3 Å². The quantitative estimate of drug-likeness (QED) is 0.403. The fraction of sp³-hybridized carbons (Fsp3) is 0.440. The summed E-state index contributed by atoms with van der Waals surface area (Å²) in [7, 11) is 0. The molecule has 1 aromatic carbocycles. The highest BCUT2D eigenvalue weighted by molar-refractivity contribution is 6.05. The average molecular weight is 465 g/mol. The fourth-order valence-electron chi connectivity index (χ4n) is 4.92. The van der Waals surface area contributed by atoms with E-state index in [-0.39, 0.29) is 17.7 Å². The number of nitro benzene ring substituents is 1. The maximum Gasteiger partial charge on any atom is 0.269 e. The van der Waals surface area contributed by atoms with Crippen LogP contribution in [0.4, 0.5) is 5.69 Å². The zero-order valence-electron chi connectivity index (χ0n) is 19.0. The van der Waals surface area contributed by atoms with E-state index in [0.717, 1.165) is 43.3 Å². The molecule has 1 saturated carbocycles. The van der Waals surface area contributed by atoms with Crippen molar-refractivity contribution in [3.63, 3.8) is 0 Å². The number of hydrogen-bond acceptors (Lipinski definition) is 6. The summed E-state index contributed by atoms with van der Waals surface area (Å²) in [6, 6.07) is 10.2. The van der Waals surface area contributed by atoms with Gasteiger partial charge in [-0.3, -0.25) is 19.9 Å². The Morgan fingerprint density at radius 3 is 2.56 bits per heavy atom. The Bertz CT molecular complexity index is 1160. The Morgan fingerprint density at radius 2 is 1.85 bits per heavy atom. The number of morpholine rings is 1. The van der Waals surface area contributed by atoms with E-state index in [9.17, 15) is 14.9 Å². The molecular weight excluding hydrogens is 436 g/mol. The van der Waals surface area contributed by atoms with Gasteiger partial charge < -0.3 is 18.9 Å². The summed E-state index contributed by atoms with van der Waals surface area (Å²) in [6.07, 6.45) is 7.71. The van der Waals surface area contributed by atoms with Crippen molar-refractivity contribution < 1.29 is 19.2 Å². The topological polar surface area (TPSA) is 99.7 Å². The van der Waals surface area contributed by atoms with E-state index >= 15 is 0 Å². The first-order valence-electron chi connectivity index (χ1n) is 11.8. The maximum absolute atomic E-state index is 13.2. The van der Waals surface area contributed by atoms with Crippen LogP contribution in [-0.4, -0.2) is 57.7 Å². The van der Waals surface area contributed by atoms with Crippen molar-refractivity contribution in [1.82, 2.24) is 14.5 Å². The highest BCUT2D eigenvalue weighted by Gasteiger charge is 2.26. The standard InChI is InChI=1S/C25H28N4O5/c30-25(27-12-14-33-15-13-27)22-17-28(23-2-1-11-26-24(22)23)16-18-3-7-20(8-4-18)34-21-9-5-19(6-10-21)29(31)32/h1-2,5-6,9-11,17-18,20H,3-4,7-8,12-16H2. The molecule has 2 aromatic heterocycles. The predicted octanol–water partition coefficient (Wildman–Crippen LogP) is 4.05. The minimum absolute atomic E-state index is 0.0194. The summed E-state index contributed by atoms with van der Waals surface area (Å²) in [4.78, 5) is 29.9. The number of nitro groups is 1. The first-order valence-corrected chi connectivity index (χ1v) is 11.8. The molecule has 0 unspecified atom stereocenters. The number of carbonyl (C=O) groups is 1. The highest BCUT2D eigenvalue weighted by atomic mass is 16.6. The van der Waals surface area contributed by atoms with Gasteiger partial charge in [-0.25, -0.2) is 0 Å². The van der Waals surface area contributed by atoms with Gasteiger partial charge in [0.05, 0.1) is 35.3 Å². The molecule has 3 heterocycles. The number of non-ortho nitro benzene ring substituents is 1. The molecule has 1 aliphatic carbocycles. The van der Waals surface area contributed by atoms with Gasteiger partial charge in [-0.15, -0.1) is 0 Å². The van der Waals surface area contributed by atoms with Crippen molar-refractivity contribution >= 4 is 22.6 Å². The largest absolute Gasteiger partial charge is 0.490 e. The number of benzene rings is 1. The van der Waals surface area contributed by atoms with Gasteiger partial charge in [-0.2, -0.15) is 0 Å². The number of fused-ring (bicyclic) bond motifs is 1. The third-order valence-corrected chi connectivity index (χ3v) is 6.76. The normalized spacial score (nSPS) is 20.9. The molecule has 178 valence electrons. The Morgan fingerprint density at radius 1 is 1.12 bits per heavy atom. The SMILES string of the molecule is O=C(c1cn(CC2CCC(Oc3ccc([N+](=O)[O-])cc3)CC2)c2cccnc12)N1CCOCC1. The number of ether oxygens (including phenoxy) is 2. The Kier molecular flexibility index (Phi) is 6.44. The number of pyridine rings is 1. The smallest absolute Gasteiger partial charge is 0.269 e. The van der Waals surface area contributed by atoms with E-state index in [2.05, 4.69) is 9.55 Å². The predicted molar refractivity (Wildman–Crippen MR) is 126 cm³/mol. The summed E-state index contributed by atoms with van der Waals surface area (Å²) < 4.78 is 13.6. The Balaban J connectivity index is 1.23. The molecule has 1 saturated heterocycles. The van der Waals surface area contributed by atoms with Crippen LogP contribution in [0.15, 0.2) is 48.8 Å². The second-order valence-corrected chi connectivity index (χ2v) is 8.98. The first-order chi connectivity index (χ1) is 16.6. The average Bonchev–Trinajstić information content (AvgIpc) is 3.24. The van der Waals surface area contributed by atoms with Crippen LogP contribution < -0.4 is 4.74 Å². The van der Waals surface area contributed by atoms with Crippen LogP contribution in [0.5, 0.6) is 5.75 Å². The number of carbonyl (C=O) groups excluding carboxylic acids is 1. The molecule has 0 spiro atoms. The third-order valence-electron chi connectivity index (χ3n) is 6.76. The third kappa shape index (κ3) is 4.75. The lowest BCUT2D eigenvalue weighted by Crippen LogP contribution is -2.40. The molecule has 9 nitrogen and oxygen atoms in total. The van der Waals surface area contributed by atoms with Crippen LogP contribution in [0.3, 0.4) is 0 Å². The van der Waals surface area contributed by atoms with Gasteiger partial charge >= 0.3 is 0 Å². The highest BCUT2D eigenvalue weighted by Crippen LogP contribution is 2.31. The molecule has 0 radical (unpaired) electrons. The maximum atomic E-state index is 13.2. The molecule has 1 aliphatic heterocycles. The number of hydrogen-bond donors (Lipinski definition) is 0. The number of amides is 1. The molecule has 0 atom stereocenters. The zero-order valence-corrected chi connectivity index (χ0v) is 19.0. The van der Waals surface area contributed by atoms with Crippen LogP contribution in [0.1, 0.15) is 36.0 Å². The first kappa shape index (κ1) is 22.3. The van der Waals surface area contributed by atoms with Crippen LogP contribution in [-0.2, 0) is 11.3 Å². The molecule has 0 N–H and O–H groups in total. The zero-order chi connectivity index (χ0) is 23.5. The van der Waals surface area contributed by atoms with Crippen LogP contribution >= 0.6 is 0 Å². The fourth-order valence-corrected chi connectivity index (χ4v) is 4.92. The molecule has 2 fully saturated rings. The lowest BCUT2D eigenvalue weighted by atomic mass is 9.87.